The summed E-state index contributed by atoms with van der Waals surface area (Å²) in [5, 5.41) is 4.48. The van der Waals surface area contributed by atoms with Gasteiger partial charge in [0.15, 0.2) is 5.75 Å². The summed E-state index contributed by atoms with van der Waals surface area (Å²) in [6, 6.07) is 2.84. The zero-order chi connectivity index (χ0) is 10.6. The summed E-state index contributed by atoms with van der Waals surface area (Å²) in [6.07, 6.45) is 1.27. The first-order valence-electron chi connectivity index (χ1n) is 3.72. The van der Waals surface area contributed by atoms with E-state index in [9.17, 15) is 12.8 Å². The average Bonchev–Trinajstić information content (AvgIpc) is 2.14. The lowest BCUT2D eigenvalue weighted by Crippen LogP contribution is -2.16. The van der Waals surface area contributed by atoms with Crippen molar-refractivity contribution in [3.8, 4) is 5.75 Å². The highest BCUT2D eigenvalue weighted by molar-refractivity contribution is 7.89. The van der Waals surface area contributed by atoms with Gasteiger partial charge in [-0.2, -0.15) is 0 Å². The predicted octanol–water partition coefficient (Wildman–Crippen LogP) is 0.0773. The van der Waals surface area contributed by atoms with Crippen LogP contribution in [0, 0.1) is 0 Å². The Morgan fingerprint density at radius 1 is 1.57 bits per heavy atom. The van der Waals surface area contributed by atoms with E-state index in [-0.39, 0.29) is 17.4 Å². The minimum Gasteiger partial charge on any atom is -0.488 e. The number of sulfonamides is 1. The molecule has 0 aliphatic carbocycles. The van der Waals surface area contributed by atoms with Crippen LogP contribution >= 0.6 is 0 Å². The molecule has 0 amide bonds. The van der Waals surface area contributed by atoms with Crippen LogP contribution < -0.4 is 9.88 Å². The van der Waals surface area contributed by atoms with Gasteiger partial charge in [0.25, 0.3) is 10.0 Å². The maximum atomic E-state index is 11.8. The molecule has 0 radical (unpaired) electrons. The third-order valence-corrected chi connectivity index (χ3v) is 2.19. The first-order valence-corrected chi connectivity index (χ1v) is 5.27. The molecule has 1 aromatic heterocycles. The van der Waals surface area contributed by atoms with Crippen molar-refractivity contribution in [1.29, 1.82) is 0 Å². The highest BCUT2D eigenvalue weighted by Crippen LogP contribution is 2.18. The van der Waals surface area contributed by atoms with Crippen molar-refractivity contribution < 1.29 is 17.5 Å². The molecule has 0 saturated carbocycles. The molecule has 0 unspecified atom stereocenters. The van der Waals surface area contributed by atoms with Gasteiger partial charge >= 0.3 is 0 Å². The van der Waals surface area contributed by atoms with Crippen LogP contribution in [0.1, 0.15) is 0 Å². The third-order valence-electron chi connectivity index (χ3n) is 1.34. The van der Waals surface area contributed by atoms with Crippen LogP contribution in [0.2, 0.25) is 0 Å². The van der Waals surface area contributed by atoms with Gasteiger partial charge in [0.2, 0.25) is 5.03 Å². The number of primary sulfonamides is 1. The number of halogens is 1. The van der Waals surface area contributed by atoms with Crippen molar-refractivity contribution in [1.82, 2.24) is 4.98 Å². The van der Waals surface area contributed by atoms with Gasteiger partial charge in [-0.1, -0.05) is 0 Å². The minimum atomic E-state index is -3.92. The van der Waals surface area contributed by atoms with E-state index < -0.39 is 16.7 Å². The second kappa shape index (κ2) is 4.34. The minimum absolute atomic E-state index is 0.0346. The zero-order valence-corrected chi connectivity index (χ0v) is 8.00. The number of nitrogens with two attached hydrogens (primary N) is 1. The SMILES string of the molecule is NS(=O)(=O)c1ncccc1OCCF. The second-order valence-electron chi connectivity index (χ2n) is 2.39. The summed E-state index contributed by atoms with van der Waals surface area (Å²) in [4.78, 5) is 3.54. The van der Waals surface area contributed by atoms with Crippen LogP contribution in [-0.4, -0.2) is 26.7 Å². The van der Waals surface area contributed by atoms with Gasteiger partial charge in [-0.05, 0) is 12.1 Å². The van der Waals surface area contributed by atoms with Gasteiger partial charge in [-0.25, -0.2) is 22.9 Å². The fourth-order valence-corrected chi connectivity index (χ4v) is 1.46. The summed E-state index contributed by atoms with van der Waals surface area (Å²) in [6.45, 7) is -0.937. The average molecular weight is 220 g/mol. The summed E-state index contributed by atoms with van der Waals surface area (Å²) in [7, 11) is -3.92. The Balaban J connectivity index is 3.04. The summed E-state index contributed by atoms with van der Waals surface area (Å²) in [5.74, 6) is -0.0346. The lowest BCUT2D eigenvalue weighted by molar-refractivity contribution is 0.265. The summed E-state index contributed by atoms with van der Waals surface area (Å²) >= 11 is 0. The number of nitrogens with zero attached hydrogens (tertiary/aromatic N) is 1. The molecule has 1 aromatic rings. The molecule has 1 heterocycles. The maximum absolute atomic E-state index is 11.8. The van der Waals surface area contributed by atoms with Crippen molar-refractivity contribution in [2.75, 3.05) is 13.3 Å². The van der Waals surface area contributed by atoms with Crippen LogP contribution in [0.5, 0.6) is 5.75 Å². The van der Waals surface area contributed by atoms with E-state index in [0.29, 0.717) is 0 Å². The van der Waals surface area contributed by atoms with E-state index in [0.717, 1.165) is 0 Å². The van der Waals surface area contributed by atoms with E-state index in [1.54, 1.807) is 0 Å². The quantitative estimate of drug-likeness (QED) is 0.778. The third kappa shape index (κ3) is 2.64. The predicted molar refractivity (Wildman–Crippen MR) is 47.1 cm³/mol. The smallest absolute Gasteiger partial charge is 0.259 e. The first-order chi connectivity index (χ1) is 6.55. The molecule has 0 fully saturated rings. The van der Waals surface area contributed by atoms with Gasteiger partial charge in [-0.15, -0.1) is 0 Å². The van der Waals surface area contributed by atoms with Crippen molar-refractivity contribution in [3.63, 3.8) is 0 Å². The van der Waals surface area contributed by atoms with Crippen molar-refractivity contribution in [2.45, 2.75) is 5.03 Å². The molecule has 0 aromatic carbocycles. The molecule has 14 heavy (non-hydrogen) atoms. The Hall–Kier alpha value is -1.21. The van der Waals surface area contributed by atoms with Crippen molar-refractivity contribution in [2.24, 2.45) is 5.14 Å². The van der Waals surface area contributed by atoms with Crippen molar-refractivity contribution in [3.05, 3.63) is 18.3 Å². The molecular weight excluding hydrogens is 211 g/mol. The van der Waals surface area contributed by atoms with Crippen LogP contribution in [0.25, 0.3) is 0 Å². The molecule has 7 heteroatoms. The number of rotatable bonds is 4. The fraction of sp³-hybridized carbons (Fsp3) is 0.286. The van der Waals surface area contributed by atoms with Gasteiger partial charge < -0.3 is 4.74 Å². The molecule has 0 saturated heterocycles. The van der Waals surface area contributed by atoms with Gasteiger partial charge in [0.1, 0.15) is 13.3 Å². The van der Waals surface area contributed by atoms with Crippen LogP contribution in [0.4, 0.5) is 4.39 Å². The largest absolute Gasteiger partial charge is 0.488 e. The zero-order valence-electron chi connectivity index (χ0n) is 7.18. The summed E-state index contributed by atoms with van der Waals surface area (Å²) in [5.41, 5.74) is 0. The highest BCUT2D eigenvalue weighted by atomic mass is 32.2. The van der Waals surface area contributed by atoms with Crippen molar-refractivity contribution >= 4 is 10.0 Å². The van der Waals surface area contributed by atoms with E-state index in [1.807, 2.05) is 0 Å². The Bertz CT molecular complexity index is 407. The molecule has 0 bridgehead atoms. The highest BCUT2D eigenvalue weighted by Gasteiger charge is 2.15. The van der Waals surface area contributed by atoms with Gasteiger partial charge in [-0.3, -0.25) is 0 Å². The Morgan fingerprint density at radius 2 is 2.29 bits per heavy atom. The molecule has 5 nitrogen and oxygen atoms in total. The lowest BCUT2D eigenvalue weighted by atomic mass is 10.5. The van der Waals surface area contributed by atoms with Gasteiger partial charge in [0.05, 0.1) is 0 Å². The van der Waals surface area contributed by atoms with E-state index >= 15 is 0 Å². The molecule has 2 N–H and O–H groups in total. The second-order valence-corrected chi connectivity index (χ2v) is 3.87. The summed E-state index contributed by atoms with van der Waals surface area (Å²) < 4.78 is 38.5. The Morgan fingerprint density at radius 3 is 2.86 bits per heavy atom. The lowest BCUT2D eigenvalue weighted by Gasteiger charge is -2.06. The number of aromatic nitrogens is 1. The molecule has 78 valence electrons. The molecular formula is C7H9FN2O3S. The number of ether oxygens (including phenoxy) is 1. The normalized spacial score (nSPS) is 11.3. The number of hydrogen-bond donors (Lipinski definition) is 1. The Labute approximate surface area is 80.8 Å². The van der Waals surface area contributed by atoms with Gasteiger partial charge in [0, 0.05) is 6.20 Å². The Kier molecular flexibility index (Phi) is 3.37. The van der Waals surface area contributed by atoms with Crippen LogP contribution in [-0.2, 0) is 10.0 Å². The molecule has 0 aliphatic rings. The van der Waals surface area contributed by atoms with E-state index in [2.05, 4.69) is 4.98 Å². The monoisotopic (exact) mass is 220 g/mol. The number of pyridine rings is 1. The van der Waals surface area contributed by atoms with Crippen LogP contribution in [0.3, 0.4) is 0 Å². The fourth-order valence-electron chi connectivity index (χ4n) is 0.848. The number of alkyl halides is 1. The van der Waals surface area contributed by atoms with E-state index in [4.69, 9.17) is 9.88 Å². The molecule has 1 rings (SSSR count). The van der Waals surface area contributed by atoms with Crippen LogP contribution in [0.15, 0.2) is 23.4 Å². The first kappa shape index (κ1) is 10.9. The molecule has 0 atom stereocenters. The molecule has 0 spiro atoms. The number of hydrogen-bond acceptors (Lipinski definition) is 4. The standard InChI is InChI=1S/C7H9FN2O3S/c8-3-5-13-6-2-1-4-10-7(6)14(9,11)12/h1-2,4H,3,5H2,(H2,9,11,12). The van der Waals surface area contributed by atoms with E-state index in [1.165, 1.54) is 18.3 Å². The maximum Gasteiger partial charge on any atom is 0.259 e. The molecule has 0 aliphatic heterocycles. The topological polar surface area (TPSA) is 82.3 Å².